The van der Waals surface area contributed by atoms with Gasteiger partial charge in [0, 0.05) is 30.5 Å². The number of phenols is 1. The van der Waals surface area contributed by atoms with E-state index in [4.69, 9.17) is 0 Å². The molecule has 0 bridgehead atoms. The quantitative estimate of drug-likeness (QED) is 0.173. The van der Waals surface area contributed by atoms with Crippen molar-refractivity contribution in [2.45, 2.75) is 94.6 Å². The molecular weight excluding hydrogens is 558 g/mol. The molecular formula is C35H45N3O6. The fourth-order valence-corrected chi connectivity index (χ4v) is 7.15. The topological polar surface area (TPSA) is 152 Å². The number of rotatable bonds is 12. The van der Waals surface area contributed by atoms with Crippen LogP contribution in [0.15, 0.2) is 53.3 Å². The summed E-state index contributed by atoms with van der Waals surface area (Å²) in [5, 5.41) is 38.1. The molecule has 2 aromatic carbocycles. The van der Waals surface area contributed by atoms with E-state index >= 15 is 0 Å². The fraction of sp³-hybridized carbons (Fsp3) is 0.514. The average Bonchev–Trinajstić information content (AvgIpc) is 3.02. The van der Waals surface area contributed by atoms with Crippen LogP contribution in [0.1, 0.15) is 93.4 Å². The van der Waals surface area contributed by atoms with Gasteiger partial charge in [-0.25, -0.2) is 0 Å². The van der Waals surface area contributed by atoms with Crippen LogP contribution in [0.3, 0.4) is 0 Å². The van der Waals surface area contributed by atoms with E-state index in [1.54, 1.807) is 12.1 Å². The standard InChI is InChI=1S/C35H45N3O6/c39-29-16-14-27(28-15-17-32(42)38-33(28)29)30(40)22-36-21-24-10-12-26(13-11-24)37-31(41)9-5-7-23-6-4-8-25(20-23)35(34(43)44)18-2-1-3-19-35/h4,6,8,14-17,20,24,26,30,36,39-40H,1-3,5,7,9-13,18-19,21-22H2,(H,37,41)(H,38,42)(H,43,44). The maximum absolute atomic E-state index is 12.7. The number of nitrogens with one attached hydrogen (secondary N) is 3. The zero-order chi connectivity index (χ0) is 31.1. The molecule has 1 atom stereocenters. The molecule has 0 spiro atoms. The van der Waals surface area contributed by atoms with Gasteiger partial charge in [0.15, 0.2) is 0 Å². The molecule has 1 aromatic heterocycles. The summed E-state index contributed by atoms with van der Waals surface area (Å²) >= 11 is 0. The third-order valence-corrected chi connectivity index (χ3v) is 9.71. The van der Waals surface area contributed by atoms with Crippen LogP contribution in [0.5, 0.6) is 5.75 Å². The van der Waals surface area contributed by atoms with Crippen molar-refractivity contribution >= 4 is 22.8 Å². The molecule has 6 N–H and O–H groups in total. The van der Waals surface area contributed by atoms with Gasteiger partial charge in [0.1, 0.15) is 5.75 Å². The lowest BCUT2D eigenvalue weighted by atomic mass is 9.69. The first kappa shape index (κ1) is 31.7. The summed E-state index contributed by atoms with van der Waals surface area (Å²) in [4.78, 5) is 39.2. The number of hydrogen-bond donors (Lipinski definition) is 6. The predicted octanol–water partition coefficient (Wildman–Crippen LogP) is 4.84. The Bertz CT molecular complexity index is 1500. The second kappa shape index (κ2) is 14.4. The lowest BCUT2D eigenvalue weighted by Gasteiger charge is -2.34. The molecule has 44 heavy (non-hydrogen) atoms. The molecule has 3 aromatic rings. The van der Waals surface area contributed by atoms with Gasteiger partial charge in [-0.05, 0) is 92.7 Å². The molecule has 1 amide bonds. The number of aliphatic hydroxyl groups is 1. The predicted molar refractivity (Wildman–Crippen MR) is 170 cm³/mol. The number of phenolic OH excluding ortho intramolecular Hbond substituents is 1. The number of pyridine rings is 1. The number of carboxylic acid groups (broad SMARTS) is 1. The third-order valence-electron chi connectivity index (χ3n) is 9.71. The van der Waals surface area contributed by atoms with Crippen molar-refractivity contribution in [2.24, 2.45) is 5.92 Å². The Hall–Kier alpha value is -3.69. The van der Waals surface area contributed by atoms with E-state index in [1.165, 1.54) is 12.1 Å². The van der Waals surface area contributed by atoms with E-state index in [0.717, 1.165) is 75.5 Å². The summed E-state index contributed by atoms with van der Waals surface area (Å²) in [6, 6.07) is 14.3. The molecule has 1 unspecified atom stereocenters. The van der Waals surface area contributed by atoms with Crippen LogP contribution < -0.4 is 16.2 Å². The number of carbonyl (C=O) groups excluding carboxylic acids is 1. The molecule has 2 aliphatic rings. The number of aromatic amines is 1. The Kier molecular flexibility index (Phi) is 10.4. The fourth-order valence-electron chi connectivity index (χ4n) is 7.15. The van der Waals surface area contributed by atoms with Crippen molar-refractivity contribution < 1.29 is 24.9 Å². The van der Waals surface area contributed by atoms with Crippen LogP contribution in [0.25, 0.3) is 10.9 Å². The highest BCUT2D eigenvalue weighted by molar-refractivity contribution is 5.87. The Balaban J connectivity index is 1.01. The highest BCUT2D eigenvalue weighted by Crippen LogP contribution is 2.40. The van der Waals surface area contributed by atoms with Crippen LogP contribution in [-0.4, -0.2) is 51.3 Å². The van der Waals surface area contributed by atoms with E-state index < -0.39 is 17.5 Å². The van der Waals surface area contributed by atoms with E-state index in [1.807, 2.05) is 24.3 Å². The normalized spacial score (nSPS) is 20.7. The number of aromatic hydroxyl groups is 1. The number of carbonyl (C=O) groups is 2. The largest absolute Gasteiger partial charge is 0.506 e. The first-order chi connectivity index (χ1) is 21.2. The van der Waals surface area contributed by atoms with Gasteiger partial charge in [0.2, 0.25) is 11.5 Å². The number of amides is 1. The molecule has 5 rings (SSSR count). The van der Waals surface area contributed by atoms with E-state index in [0.29, 0.717) is 48.2 Å². The highest BCUT2D eigenvalue weighted by Gasteiger charge is 2.41. The van der Waals surface area contributed by atoms with Gasteiger partial charge < -0.3 is 30.9 Å². The van der Waals surface area contributed by atoms with Crippen molar-refractivity contribution in [3.8, 4) is 5.75 Å². The summed E-state index contributed by atoms with van der Waals surface area (Å²) in [5.74, 6) is -0.212. The van der Waals surface area contributed by atoms with E-state index in [2.05, 4.69) is 15.6 Å². The summed E-state index contributed by atoms with van der Waals surface area (Å²) < 4.78 is 0. The van der Waals surface area contributed by atoms with Gasteiger partial charge in [-0.1, -0.05) is 49.6 Å². The van der Waals surface area contributed by atoms with E-state index in [9.17, 15) is 29.7 Å². The number of H-pyrrole nitrogens is 1. The molecule has 0 aliphatic heterocycles. The maximum Gasteiger partial charge on any atom is 0.314 e. The second-order valence-corrected chi connectivity index (χ2v) is 12.7. The van der Waals surface area contributed by atoms with Gasteiger partial charge in [-0.2, -0.15) is 0 Å². The first-order valence-corrected chi connectivity index (χ1v) is 16.1. The number of aliphatic hydroxyl groups excluding tert-OH is 1. The van der Waals surface area contributed by atoms with Crippen LogP contribution in [0, 0.1) is 5.92 Å². The number of carboxylic acids is 1. The van der Waals surface area contributed by atoms with Crippen LogP contribution >= 0.6 is 0 Å². The smallest absolute Gasteiger partial charge is 0.314 e. The monoisotopic (exact) mass is 603 g/mol. The van der Waals surface area contributed by atoms with Crippen LogP contribution in [0.4, 0.5) is 0 Å². The number of aliphatic carboxylic acids is 1. The molecule has 0 radical (unpaired) electrons. The Morgan fingerprint density at radius 3 is 2.52 bits per heavy atom. The highest BCUT2D eigenvalue weighted by atomic mass is 16.4. The number of fused-ring (bicyclic) bond motifs is 1. The minimum absolute atomic E-state index is 0.0272. The molecule has 1 heterocycles. The SMILES string of the molecule is O=C(CCCc1cccc(C2(C(=O)O)CCCCC2)c1)NC1CCC(CNCC(O)c2ccc(O)c3[nH]c(=O)ccc23)CC1. The van der Waals surface area contributed by atoms with Crippen molar-refractivity contribution in [1.82, 2.24) is 15.6 Å². The summed E-state index contributed by atoms with van der Waals surface area (Å²) in [6.45, 7) is 1.13. The van der Waals surface area contributed by atoms with Crippen LogP contribution in [-0.2, 0) is 21.4 Å². The van der Waals surface area contributed by atoms with Crippen molar-refractivity contribution in [3.05, 3.63) is 75.6 Å². The summed E-state index contributed by atoms with van der Waals surface area (Å²) in [5.41, 5.74) is 1.88. The summed E-state index contributed by atoms with van der Waals surface area (Å²) in [7, 11) is 0. The molecule has 2 aliphatic carbocycles. The number of benzene rings is 2. The minimum Gasteiger partial charge on any atom is -0.506 e. The van der Waals surface area contributed by atoms with Crippen molar-refractivity contribution in [3.63, 3.8) is 0 Å². The zero-order valence-corrected chi connectivity index (χ0v) is 25.3. The van der Waals surface area contributed by atoms with Crippen LogP contribution in [0.2, 0.25) is 0 Å². The summed E-state index contributed by atoms with van der Waals surface area (Å²) in [6.07, 6.45) is 9.35. The average molecular weight is 604 g/mol. The molecule has 0 saturated heterocycles. The molecule has 2 saturated carbocycles. The second-order valence-electron chi connectivity index (χ2n) is 12.7. The van der Waals surface area contributed by atoms with Gasteiger partial charge in [0.05, 0.1) is 17.0 Å². The Morgan fingerprint density at radius 2 is 1.77 bits per heavy atom. The van der Waals surface area contributed by atoms with Gasteiger partial charge >= 0.3 is 5.97 Å². The third kappa shape index (κ3) is 7.50. The lowest BCUT2D eigenvalue weighted by molar-refractivity contribution is -0.145. The van der Waals surface area contributed by atoms with Gasteiger partial charge in [0.25, 0.3) is 0 Å². The number of aryl methyl sites for hydroxylation is 1. The number of hydrogen-bond acceptors (Lipinski definition) is 6. The molecule has 9 heteroatoms. The molecule has 2 fully saturated rings. The zero-order valence-electron chi connectivity index (χ0n) is 25.3. The molecule has 236 valence electrons. The Morgan fingerprint density at radius 1 is 1.00 bits per heavy atom. The van der Waals surface area contributed by atoms with Crippen molar-refractivity contribution in [1.29, 1.82) is 0 Å². The van der Waals surface area contributed by atoms with Gasteiger partial charge in [-0.3, -0.25) is 14.4 Å². The Labute approximate surface area is 258 Å². The molecule has 9 nitrogen and oxygen atoms in total. The van der Waals surface area contributed by atoms with Gasteiger partial charge in [-0.15, -0.1) is 0 Å². The van der Waals surface area contributed by atoms with Crippen molar-refractivity contribution in [2.75, 3.05) is 13.1 Å². The minimum atomic E-state index is -0.785. The first-order valence-electron chi connectivity index (χ1n) is 16.1. The number of aromatic nitrogens is 1. The lowest BCUT2D eigenvalue weighted by Crippen LogP contribution is -2.39. The maximum atomic E-state index is 12.7. The van der Waals surface area contributed by atoms with E-state index in [-0.39, 0.29) is 23.3 Å².